The standard InChI is InChI=1S/C16H23N3O2S/c1-10(2)15(17)16(21)18-9-14(20)19-12-7-8-22-13-6-4-3-5-11(12)13/h3-6,10,12,15H,7-9,17H2,1-2H3,(H,18,21)(H,19,20)/t12?,15-/m0/s1. The molecule has 2 atom stereocenters. The third kappa shape index (κ3) is 4.24. The van der Waals surface area contributed by atoms with E-state index in [9.17, 15) is 9.59 Å². The molecule has 0 saturated heterocycles. The zero-order valence-corrected chi connectivity index (χ0v) is 13.8. The van der Waals surface area contributed by atoms with Crippen LogP contribution in [0.1, 0.15) is 31.9 Å². The number of fused-ring (bicyclic) bond motifs is 1. The Labute approximate surface area is 135 Å². The molecule has 22 heavy (non-hydrogen) atoms. The van der Waals surface area contributed by atoms with Crippen LogP contribution in [-0.2, 0) is 9.59 Å². The van der Waals surface area contributed by atoms with Gasteiger partial charge in [-0.05, 0) is 24.0 Å². The Morgan fingerprint density at radius 1 is 1.36 bits per heavy atom. The van der Waals surface area contributed by atoms with Gasteiger partial charge in [0.1, 0.15) is 0 Å². The van der Waals surface area contributed by atoms with E-state index < -0.39 is 6.04 Å². The first-order valence-corrected chi connectivity index (χ1v) is 8.52. The van der Waals surface area contributed by atoms with Gasteiger partial charge >= 0.3 is 0 Å². The maximum atomic E-state index is 12.0. The Kier molecular flexibility index (Phi) is 5.85. The SMILES string of the molecule is CC(C)[C@H](N)C(=O)NCC(=O)NC1CCSc2ccccc21. The van der Waals surface area contributed by atoms with Gasteiger partial charge in [-0.3, -0.25) is 9.59 Å². The number of thioether (sulfide) groups is 1. The van der Waals surface area contributed by atoms with E-state index in [-0.39, 0.29) is 30.3 Å². The second-order valence-corrected chi connectivity index (χ2v) is 6.92. The van der Waals surface area contributed by atoms with Crippen molar-refractivity contribution in [2.24, 2.45) is 11.7 Å². The van der Waals surface area contributed by atoms with Crippen molar-refractivity contribution >= 4 is 23.6 Å². The average molecular weight is 321 g/mol. The number of hydrogen-bond acceptors (Lipinski definition) is 4. The molecule has 6 heteroatoms. The quantitative estimate of drug-likeness (QED) is 0.766. The van der Waals surface area contributed by atoms with E-state index in [0.717, 1.165) is 17.7 Å². The molecule has 5 nitrogen and oxygen atoms in total. The molecule has 4 N–H and O–H groups in total. The second kappa shape index (κ2) is 7.65. The highest BCUT2D eigenvalue weighted by Gasteiger charge is 2.22. The van der Waals surface area contributed by atoms with Crippen LogP contribution in [0.25, 0.3) is 0 Å². The van der Waals surface area contributed by atoms with Gasteiger partial charge in [-0.2, -0.15) is 0 Å². The fraction of sp³-hybridized carbons (Fsp3) is 0.500. The minimum atomic E-state index is -0.584. The second-order valence-electron chi connectivity index (χ2n) is 5.78. The van der Waals surface area contributed by atoms with E-state index in [0.29, 0.717) is 0 Å². The Balaban J connectivity index is 1.87. The van der Waals surface area contributed by atoms with Gasteiger partial charge < -0.3 is 16.4 Å². The third-order valence-electron chi connectivity index (χ3n) is 3.74. The van der Waals surface area contributed by atoms with Crippen molar-refractivity contribution in [3.05, 3.63) is 29.8 Å². The highest BCUT2D eigenvalue weighted by Crippen LogP contribution is 2.35. The molecule has 1 heterocycles. The van der Waals surface area contributed by atoms with Crippen molar-refractivity contribution in [2.45, 2.75) is 37.2 Å². The van der Waals surface area contributed by atoms with Gasteiger partial charge in [0.05, 0.1) is 18.6 Å². The minimum Gasteiger partial charge on any atom is -0.348 e. The van der Waals surface area contributed by atoms with Gasteiger partial charge in [0.15, 0.2) is 0 Å². The van der Waals surface area contributed by atoms with Crippen molar-refractivity contribution in [2.75, 3.05) is 12.3 Å². The van der Waals surface area contributed by atoms with Crippen molar-refractivity contribution in [3.8, 4) is 0 Å². The summed E-state index contributed by atoms with van der Waals surface area (Å²) in [5.74, 6) is 0.554. The zero-order valence-electron chi connectivity index (χ0n) is 13.0. The summed E-state index contributed by atoms with van der Waals surface area (Å²) in [6.07, 6.45) is 0.896. The number of nitrogens with two attached hydrogens (primary N) is 1. The maximum Gasteiger partial charge on any atom is 0.239 e. The van der Waals surface area contributed by atoms with Gasteiger partial charge in [0.2, 0.25) is 11.8 Å². The predicted octanol–water partition coefficient (Wildman–Crippen LogP) is 1.44. The fourth-order valence-electron chi connectivity index (χ4n) is 2.33. The van der Waals surface area contributed by atoms with Crippen LogP contribution in [0.3, 0.4) is 0 Å². The Morgan fingerprint density at radius 3 is 2.82 bits per heavy atom. The first-order chi connectivity index (χ1) is 10.5. The van der Waals surface area contributed by atoms with Crippen LogP contribution >= 0.6 is 11.8 Å². The lowest BCUT2D eigenvalue weighted by molar-refractivity contribution is -0.127. The molecule has 1 unspecified atom stereocenters. The molecule has 0 radical (unpaired) electrons. The molecule has 1 aromatic carbocycles. The molecule has 2 rings (SSSR count). The predicted molar refractivity (Wildman–Crippen MR) is 88.5 cm³/mol. The van der Waals surface area contributed by atoms with Gasteiger partial charge in [0.25, 0.3) is 0 Å². The lowest BCUT2D eigenvalue weighted by Crippen LogP contribution is -2.47. The highest BCUT2D eigenvalue weighted by atomic mass is 32.2. The lowest BCUT2D eigenvalue weighted by atomic mass is 10.0. The summed E-state index contributed by atoms with van der Waals surface area (Å²) in [6.45, 7) is 3.72. The van der Waals surface area contributed by atoms with Crippen molar-refractivity contribution in [1.82, 2.24) is 10.6 Å². The summed E-state index contributed by atoms with van der Waals surface area (Å²) in [4.78, 5) is 25.0. The smallest absolute Gasteiger partial charge is 0.239 e. The average Bonchev–Trinajstić information content (AvgIpc) is 2.52. The van der Waals surface area contributed by atoms with Crippen LogP contribution in [0.4, 0.5) is 0 Å². The first kappa shape index (κ1) is 16.8. The molecule has 1 aliphatic heterocycles. The molecule has 0 saturated carbocycles. The van der Waals surface area contributed by atoms with E-state index in [1.54, 1.807) is 0 Å². The number of nitrogens with one attached hydrogen (secondary N) is 2. The van der Waals surface area contributed by atoms with Crippen LogP contribution in [0.5, 0.6) is 0 Å². The topological polar surface area (TPSA) is 84.2 Å². The molecule has 1 aromatic rings. The van der Waals surface area contributed by atoms with Crippen molar-refractivity contribution in [1.29, 1.82) is 0 Å². The largest absolute Gasteiger partial charge is 0.348 e. The maximum absolute atomic E-state index is 12.0. The van der Waals surface area contributed by atoms with Gasteiger partial charge in [-0.15, -0.1) is 11.8 Å². The van der Waals surface area contributed by atoms with Crippen LogP contribution in [0.15, 0.2) is 29.2 Å². The lowest BCUT2D eigenvalue weighted by Gasteiger charge is -2.26. The van der Waals surface area contributed by atoms with Crippen LogP contribution in [0, 0.1) is 5.92 Å². The monoisotopic (exact) mass is 321 g/mol. The summed E-state index contributed by atoms with van der Waals surface area (Å²) < 4.78 is 0. The summed E-state index contributed by atoms with van der Waals surface area (Å²) in [5, 5.41) is 5.59. The third-order valence-corrected chi connectivity index (χ3v) is 4.86. The van der Waals surface area contributed by atoms with Crippen molar-refractivity contribution < 1.29 is 9.59 Å². The minimum absolute atomic E-state index is 0.0145. The Bertz CT molecular complexity index is 548. The Morgan fingerprint density at radius 2 is 2.09 bits per heavy atom. The first-order valence-electron chi connectivity index (χ1n) is 7.53. The number of benzene rings is 1. The normalized spacial score (nSPS) is 18.5. The van der Waals surface area contributed by atoms with Crippen LogP contribution < -0.4 is 16.4 Å². The molecule has 0 aliphatic carbocycles. The summed E-state index contributed by atoms with van der Waals surface area (Å²) >= 11 is 1.81. The number of hydrogen-bond donors (Lipinski definition) is 3. The highest BCUT2D eigenvalue weighted by molar-refractivity contribution is 7.99. The van der Waals surface area contributed by atoms with E-state index in [2.05, 4.69) is 16.7 Å². The van der Waals surface area contributed by atoms with E-state index in [1.165, 1.54) is 4.90 Å². The number of amides is 2. The van der Waals surface area contributed by atoms with E-state index in [1.807, 2.05) is 43.8 Å². The fourth-order valence-corrected chi connectivity index (χ4v) is 3.45. The molecular weight excluding hydrogens is 298 g/mol. The molecule has 0 aromatic heterocycles. The Hall–Kier alpha value is -1.53. The van der Waals surface area contributed by atoms with Crippen LogP contribution in [-0.4, -0.2) is 30.2 Å². The van der Waals surface area contributed by atoms with Gasteiger partial charge in [-0.1, -0.05) is 32.0 Å². The summed E-state index contributed by atoms with van der Waals surface area (Å²) in [6, 6.07) is 7.53. The number of rotatable bonds is 5. The molecule has 120 valence electrons. The number of carbonyl (C=O) groups is 2. The molecular formula is C16H23N3O2S. The molecule has 0 bridgehead atoms. The van der Waals surface area contributed by atoms with Gasteiger partial charge in [-0.25, -0.2) is 0 Å². The molecule has 0 fully saturated rings. The molecule has 2 amide bonds. The zero-order chi connectivity index (χ0) is 16.1. The summed E-state index contributed by atoms with van der Waals surface area (Å²) in [5.41, 5.74) is 6.90. The van der Waals surface area contributed by atoms with Crippen molar-refractivity contribution in [3.63, 3.8) is 0 Å². The number of carbonyl (C=O) groups excluding carboxylic acids is 2. The molecule has 0 spiro atoms. The summed E-state index contributed by atoms with van der Waals surface area (Å²) in [7, 11) is 0. The van der Waals surface area contributed by atoms with E-state index in [4.69, 9.17) is 5.73 Å². The van der Waals surface area contributed by atoms with Crippen LogP contribution in [0.2, 0.25) is 0 Å². The molecule has 1 aliphatic rings. The van der Waals surface area contributed by atoms with Gasteiger partial charge in [0, 0.05) is 10.6 Å². The van der Waals surface area contributed by atoms with E-state index >= 15 is 0 Å².